The minimum absolute atomic E-state index is 0.278. The first-order valence-corrected chi connectivity index (χ1v) is 4.11. The van der Waals surface area contributed by atoms with Crippen LogP contribution >= 0.6 is 11.3 Å². The Morgan fingerprint density at radius 2 is 2.55 bits per heavy atom. The van der Waals surface area contributed by atoms with E-state index in [-0.39, 0.29) is 12.5 Å². The summed E-state index contributed by atoms with van der Waals surface area (Å²) in [5.74, 6) is -0.305. The van der Waals surface area contributed by atoms with Crippen molar-refractivity contribution in [2.45, 2.75) is 0 Å². The van der Waals surface area contributed by atoms with Gasteiger partial charge >= 0.3 is 0 Å². The van der Waals surface area contributed by atoms with Gasteiger partial charge in [0.05, 0.1) is 11.5 Å². The van der Waals surface area contributed by atoms with Crippen LogP contribution in [0.1, 0.15) is 0 Å². The summed E-state index contributed by atoms with van der Waals surface area (Å²) in [5, 5.41) is 3.02. The maximum Gasteiger partial charge on any atom is 0.236 e. The lowest BCUT2D eigenvalue weighted by molar-refractivity contribution is -0.116. The molecular formula is C7H10N2OS. The fourth-order valence-corrected chi connectivity index (χ4v) is 1.50. The highest BCUT2D eigenvalue weighted by Gasteiger charge is 2.03. The molecular weight excluding hydrogens is 160 g/mol. The van der Waals surface area contributed by atoms with Gasteiger partial charge in [-0.25, -0.2) is 0 Å². The van der Waals surface area contributed by atoms with E-state index < -0.39 is 0 Å². The van der Waals surface area contributed by atoms with Crippen molar-refractivity contribution in [1.29, 1.82) is 0 Å². The van der Waals surface area contributed by atoms with Crippen LogP contribution in [0, 0.1) is 0 Å². The van der Waals surface area contributed by atoms with E-state index in [1.54, 1.807) is 11.3 Å². The van der Waals surface area contributed by atoms with Crippen LogP contribution in [0.5, 0.6) is 0 Å². The van der Waals surface area contributed by atoms with Crippen LogP contribution < -0.4 is 10.6 Å². The SMILES string of the molecule is CN(CC(N)=O)c1cccs1. The highest BCUT2D eigenvalue weighted by Crippen LogP contribution is 2.18. The van der Waals surface area contributed by atoms with Crippen LogP contribution in [0.4, 0.5) is 5.00 Å². The van der Waals surface area contributed by atoms with Gasteiger partial charge in [0, 0.05) is 7.05 Å². The predicted molar refractivity (Wildman–Crippen MR) is 46.8 cm³/mol. The number of anilines is 1. The number of hydrogen-bond donors (Lipinski definition) is 1. The third-order valence-electron chi connectivity index (χ3n) is 1.28. The zero-order chi connectivity index (χ0) is 8.27. The molecule has 1 heterocycles. The molecule has 0 spiro atoms. The summed E-state index contributed by atoms with van der Waals surface area (Å²) in [6, 6.07) is 3.89. The average Bonchev–Trinajstić information content (AvgIpc) is 2.35. The topological polar surface area (TPSA) is 46.3 Å². The van der Waals surface area contributed by atoms with E-state index >= 15 is 0 Å². The van der Waals surface area contributed by atoms with Crippen molar-refractivity contribution in [2.75, 3.05) is 18.5 Å². The quantitative estimate of drug-likeness (QED) is 0.724. The molecule has 60 valence electrons. The third-order valence-corrected chi connectivity index (χ3v) is 2.26. The van der Waals surface area contributed by atoms with E-state index in [1.165, 1.54) is 0 Å². The lowest BCUT2D eigenvalue weighted by Gasteiger charge is -2.13. The third kappa shape index (κ3) is 2.23. The minimum Gasteiger partial charge on any atom is -0.368 e. The molecule has 1 amide bonds. The number of thiophene rings is 1. The molecule has 0 radical (unpaired) electrons. The van der Waals surface area contributed by atoms with E-state index in [0.717, 1.165) is 5.00 Å². The molecule has 11 heavy (non-hydrogen) atoms. The Hall–Kier alpha value is -1.03. The monoisotopic (exact) mass is 170 g/mol. The van der Waals surface area contributed by atoms with Crippen molar-refractivity contribution in [2.24, 2.45) is 5.73 Å². The van der Waals surface area contributed by atoms with E-state index in [0.29, 0.717) is 0 Å². The standard InChI is InChI=1S/C7H10N2OS/c1-9(5-6(8)10)7-3-2-4-11-7/h2-4H,5H2,1H3,(H2,8,10). The molecule has 0 fully saturated rings. The van der Waals surface area contributed by atoms with Gasteiger partial charge in [-0.1, -0.05) is 0 Å². The number of nitrogens with two attached hydrogens (primary N) is 1. The molecule has 0 saturated heterocycles. The molecule has 0 bridgehead atoms. The Bertz CT molecular complexity index is 233. The van der Waals surface area contributed by atoms with Crippen molar-refractivity contribution in [3.8, 4) is 0 Å². The van der Waals surface area contributed by atoms with Gasteiger partial charge in [0.15, 0.2) is 0 Å². The fraction of sp³-hybridized carbons (Fsp3) is 0.286. The predicted octanol–water partition coefficient (Wildman–Crippen LogP) is 0.670. The Labute approximate surface area is 69.4 Å². The lowest BCUT2D eigenvalue weighted by atomic mass is 10.5. The molecule has 1 aromatic rings. The zero-order valence-electron chi connectivity index (χ0n) is 6.28. The van der Waals surface area contributed by atoms with Crippen molar-refractivity contribution in [3.63, 3.8) is 0 Å². The van der Waals surface area contributed by atoms with Crippen molar-refractivity contribution < 1.29 is 4.79 Å². The van der Waals surface area contributed by atoms with E-state index in [4.69, 9.17) is 5.73 Å². The minimum atomic E-state index is -0.305. The second kappa shape index (κ2) is 3.39. The van der Waals surface area contributed by atoms with Gasteiger partial charge in [0.1, 0.15) is 0 Å². The molecule has 0 aromatic carbocycles. The molecule has 0 aliphatic heterocycles. The summed E-state index contributed by atoms with van der Waals surface area (Å²) in [6.07, 6.45) is 0. The average molecular weight is 170 g/mol. The van der Waals surface area contributed by atoms with Crippen LogP contribution in [0.3, 0.4) is 0 Å². The van der Waals surface area contributed by atoms with E-state index in [1.807, 2.05) is 29.5 Å². The normalized spacial score (nSPS) is 9.55. The molecule has 3 nitrogen and oxygen atoms in total. The summed E-state index contributed by atoms with van der Waals surface area (Å²) < 4.78 is 0. The number of rotatable bonds is 3. The Kier molecular flexibility index (Phi) is 2.48. The molecule has 0 aliphatic rings. The van der Waals surface area contributed by atoms with Gasteiger partial charge in [-0.3, -0.25) is 4.79 Å². The lowest BCUT2D eigenvalue weighted by Crippen LogP contribution is -2.29. The number of amides is 1. The van der Waals surface area contributed by atoms with Crippen molar-refractivity contribution in [1.82, 2.24) is 0 Å². The highest BCUT2D eigenvalue weighted by molar-refractivity contribution is 7.14. The number of hydrogen-bond acceptors (Lipinski definition) is 3. The van der Waals surface area contributed by atoms with E-state index in [2.05, 4.69) is 0 Å². The summed E-state index contributed by atoms with van der Waals surface area (Å²) >= 11 is 1.59. The maximum atomic E-state index is 10.5. The second-order valence-electron chi connectivity index (χ2n) is 2.27. The highest BCUT2D eigenvalue weighted by atomic mass is 32.1. The Morgan fingerprint density at radius 1 is 1.82 bits per heavy atom. The molecule has 0 unspecified atom stereocenters. The van der Waals surface area contributed by atoms with Crippen LogP contribution in [0.15, 0.2) is 17.5 Å². The smallest absolute Gasteiger partial charge is 0.236 e. The zero-order valence-corrected chi connectivity index (χ0v) is 7.10. The number of nitrogens with zero attached hydrogens (tertiary/aromatic N) is 1. The Morgan fingerprint density at radius 3 is 3.00 bits per heavy atom. The molecule has 0 aliphatic carbocycles. The van der Waals surface area contributed by atoms with Crippen LogP contribution in [0.25, 0.3) is 0 Å². The van der Waals surface area contributed by atoms with Gasteiger partial charge < -0.3 is 10.6 Å². The van der Waals surface area contributed by atoms with Gasteiger partial charge in [0.2, 0.25) is 5.91 Å². The van der Waals surface area contributed by atoms with Gasteiger partial charge in [-0.2, -0.15) is 0 Å². The molecule has 0 saturated carbocycles. The summed E-state index contributed by atoms with van der Waals surface area (Å²) in [4.78, 5) is 12.3. The summed E-state index contributed by atoms with van der Waals surface area (Å²) in [6.45, 7) is 0.278. The van der Waals surface area contributed by atoms with Crippen molar-refractivity contribution >= 4 is 22.2 Å². The molecule has 2 N–H and O–H groups in total. The van der Waals surface area contributed by atoms with Crippen LogP contribution in [-0.2, 0) is 4.79 Å². The first kappa shape index (κ1) is 8.07. The molecule has 1 aromatic heterocycles. The van der Waals surface area contributed by atoms with Gasteiger partial charge in [-0.15, -0.1) is 11.3 Å². The Balaban J connectivity index is 2.56. The largest absolute Gasteiger partial charge is 0.368 e. The molecule has 1 rings (SSSR count). The number of carbonyl (C=O) groups is 1. The summed E-state index contributed by atoms with van der Waals surface area (Å²) in [5.41, 5.74) is 5.02. The van der Waals surface area contributed by atoms with E-state index in [9.17, 15) is 4.79 Å². The summed E-state index contributed by atoms with van der Waals surface area (Å²) in [7, 11) is 1.84. The fourth-order valence-electron chi connectivity index (χ4n) is 0.799. The van der Waals surface area contributed by atoms with Crippen LogP contribution in [-0.4, -0.2) is 19.5 Å². The molecule has 0 atom stereocenters. The molecule has 4 heteroatoms. The van der Waals surface area contributed by atoms with Gasteiger partial charge in [-0.05, 0) is 17.5 Å². The first-order chi connectivity index (χ1) is 5.20. The number of likely N-dealkylation sites (N-methyl/N-ethyl adjacent to an activating group) is 1. The van der Waals surface area contributed by atoms with Crippen molar-refractivity contribution in [3.05, 3.63) is 17.5 Å². The first-order valence-electron chi connectivity index (χ1n) is 3.23. The number of carbonyl (C=O) groups excluding carboxylic acids is 1. The van der Waals surface area contributed by atoms with Gasteiger partial charge in [0.25, 0.3) is 0 Å². The number of primary amides is 1. The van der Waals surface area contributed by atoms with Crippen LogP contribution in [0.2, 0.25) is 0 Å². The second-order valence-corrected chi connectivity index (χ2v) is 3.20. The maximum absolute atomic E-state index is 10.5.